The Bertz CT molecular complexity index is 622. The van der Waals surface area contributed by atoms with E-state index in [1.807, 2.05) is 18.2 Å². The average molecular weight is 293 g/mol. The van der Waals surface area contributed by atoms with Gasteiger partial charge in [0, 0.05) is 10.0 Å². The van der Waals surface area contributed by atoms with Crippen molar-refractivity contribution in [2.75, 3.05) is 0 Å². The van der Waals surface area contributed by atoms with E-state index < -0.39 is 0 Å². The zero-order chi connectivity index (χ0) is 11.7. The van der Waals surface area contributed by atoms with Gasteiger partial charge in [0.2, 0.25) is 24.6 Å². The largest absolute Gasteiger partial charge is 0.423 e. The summed E-state index contributed by atoms with van der Waals surface area (Å²) in [6.45, 7) is 0. The van der Waals surface area contributed by atoms with Gasteiger partial charge in [0.1, 0.15) is 0 Å². The lowest BCUT2D eigenvalue weighted by atomic mass is 10.1. The minimum absolute atomic E-state index is 0.453. The highest BCUT2D eigenvalue weighted by atomic mass is 79.9. The van der Waals surface area contributed by atoms with Gasteiger partial charge < -0.3 is 8.83 Å². The fraction of sp³-hybridized carbons (Fsp3) is 0. The molecule has 0 radical (unpaired) electrons. The zero-order valence-corrected chi connectivity index (χ0v) is 9.96. The number of benzene rings is 1. The van der Waals surface area contributed by atoms with Crippen LogP contribution in [0.5, 0.6) is 0 Å². The van der Waals surface area contributed by atoms with E-state index in [1.54, 1.807) is 0 Å². The Morgan fingerprint density at radius 2 is 1.65 bits per heavy atom. The molecule has 0 N–H and O–H groups in total. The monoisotopic (exact) mass is 292 g/mol. The molecule has 84 valence electrons. The van der Waals surface area contributed by atoms with Crippen molar-refractivity contribution in [3.8, 4) is 22.9 Å². The van der Waals surface area contributed by atoms with Gasteiger partial charge in [-0.1, -0.05) is 0 Å². The number of halogens is 1. The van der Waals surface area contributed by atoms with Crippen molar-refractivity contribution in [3.05, 3.63) is 35.5 Å². The molecular weight excluding hydrogens is 288 g/mol. The second-order valence-corrected chi connectivity index (χ2v) is 4.04. The minimum atomic E-state index is 0.453. The predicted octanol–water partition coefficient (Wildman–Crippen LogP) is 2.55. The predicted molar refractivity (Wildman–Crippen MR) is 60.7 cm³/mol. The Kier molecular flexibility index (Phi) is 2.45. The van der Waals surface area contributed by atoms with Crippen LogP contribution in [0.25, 0.3) is 22.9 Å². The Morgan fingerprint density at radius 1 is 0.941 bits per heavy atom. The maximum Gasteiger partial charge on any atom is 0.248 e. The average Bonchev–Trinajstić information content (AvgIpc) is 3.02. The van der Waals surface area contributed by atoms with E-state index in [0.29, 0.717) is 11.8 Å². The number of rotatable bonds is 2. The Morgan fingerprint density at radius 3 is 2.24 bits per heavy atom. The molecule has 2 heterocycles. The summed E-state index contributed by atoms with van der Waals surface area (Å²) in [6, 6.07) is 5.54. The summed E-state index contributed by atoms with van der Waals surface area (Å²) in [6.07, 6.45) is 2.57. The van der Waals surface area contributed by atoms with Gasteiger partial charge in [0.05, 0.1) is 5.56 Å². The summed E-state index contributed by atoms with van der Waals surface area (Å²) < 4.78 is 11.1. The molecule has 3 aromatic rings. The molecule has 0 saturated carbocycles. The molecule has 0 fully saturated rings. The lowest BCUT2D eigenvalue weighted by Gasteiger charge is -2.00. The van der Waals surface area contributed by atoms with Crippen molar-refractivity contribution in [2.45, 2.75) is 0 Å². The molecule has 0 spiro atoms. The summed E-state index contributed by atoms with van der Waals surface area (Å²) in [5.74, 6) is 0.914. The van der Waals surface area contributed by atoms with Crippen LogP contribution in [0.4, 0.5) is 0 Å². The molecule has 0 aliphatic heterocycles. The van der Waals surface area contributed by atoms with Gasteiger partial charge >= 0.3 is 0 Å². The van der Waals surface area contributed by atoms with E-state index in [2.05, 4.69) is 36.3 Å². The molecular formula is C10H5BrN4O2. The van der Waals surface area contributed by atoms with Crippen molar-refractivity contribution in [2.24, 2.45) is 0 Å². The van der Waals surface area contributed by atoms with Crippen molar-refractivity contribution >= 4 is 15.9 Å². The number of aromatic nitrogens is 4. The van der Waals surface area contributed by atoms with Crippen molar-refractivity contribution < 1.29 is 8.83 Å². The van der Waals surface area contributed by atoms with Crippen LogP contribution < -0.4 is 0 Å². The first-order valence-electron chi connectivity index (χ1n) is 4.67. The van der Waals surface area contributed by atoms with Crippen LogP contribution in [0, 0.1) is 0 Å². The molecule has 0 unspecified atom stereocenters. The molecule has 0 amide bonds. The molecule has 17 heavy (non-hydrogen) atoms. The molecule has 7 heteroatoms. The highest BCUT2D eigenvalue weighted by Crippen LogP contribution is 2.30. The first-order chi connectivity index (χ1) is 8.34. The molecule has 2 aromatic heterocycles. The fourth-order valence-electron chi connectivity index (χ4n) is 1.41. The van der Waals surface area contributed by atoms with Gasteiger partial charge in [-0.15, -0.1) is 20.4 Å². The molecule has 1 aromatic carbocycles. The van der Waals surface area contributed by atoms with Crippen LogP contribution in [0.2, 0.25) is 0 Å². The van der Waals surface area contributed by atoms with Crippen LogP contribution in [-0.4, -0.2) is 20.4 Å². The first kappa shape index (κ1) is 10.2. The van der Waals surface area contributed by atoms with Crippen molar-refractivity contribution in [3.63, 3.8) is 0 Å². The summed E-state index contributed by atoms with van der Waals surface area (Å²) in [5.41, 5.74) is 1.63. The molecule has 0 aliphatic rings. The number of nitrogens with zero attached hydrogens (tertiary/aromatic N) is 4. The van der Waals surface area contributed by atoms with Crippen LogP contribution >= 0.6 is 15.9 Å². The Hall–Kier alpha value is -2.02. The van der Waals surface area contributed by atoms with Gasteiger partial charge in [-0.2, -0.15) is 0 Å². The van der Waals surface area contributed by atoms with Gasteiger partial charge in [-0.25, -0.2) is 0 Å². The summed E-state index contributed by atoms with van der Waals surface area (Å²) >= 11 is 3.44. The first-order valence-corrected chi connectivity index (χ1v) is 5.46. The van der Waals surface area contributed by atoms with Gasteiger partial charge in [-0.3, -0.25) is 0 Å². The topological polar surface area (TPSA) is 77.8 Å². The standard InChI is InChI=1S/C10H5BrN4O2/c11-8-3-6(9-14-12-4-16-9)1-2-7(8)10-15-13-5-17-10/h1-5H. The normalized spacial score (nSPS) is 10.6. The second-order valence-electron chi connectivity index (χ2n) is 3.18. The van der Waals surface area contributed by atoms with Crippen LogP contribution in [0.15, 0.2) is 44.3 Å². The lowest BCUT2D eigenvalue weighted by molar-refractivity contribution is 0.566. The van der Waals surface area contributed by atoms with Crippen molar-refractivity contribution in [1.29, 1.82) is 0 Å². The van der Waals surface area contributed by atoms with E-state index in [4.69, 9.17) is 8.83 Å². The maximum absolute atomic E-state index is 5.13. The third-order valence-electron chi connectivity index (χ3n) is 2.17. The highest BCUT2D eigenvalue weighted by Gasteiger charge is 2.11. The molecule has 0 aliphatic carbocycles. The van der Waals surface area contributed by atoms with Crippen LogP contribution in [0.1, 0.15) is 0 Å². The molecule has 6 nitrogen and oxygen atoms in total. The maximum atomic E-state index is 5.13. The summed E-state index contributed by atoms with van der Waals surface area (Å²) in [4.78, 5) is 0. The Labute approximate surface area is 104 Å². The number of hydrogen-bond acceptors (Lipinski definition) is 6. The molecule has 0 bridgehead atoms. The quantitative estimate of drug-likeness (QED) is 0.722. The molecule has 3 rings (SSSR count). The minimum Gasteiger partial charge on any atom is -0.423 e. The van der Waals surface area contributed by atoms with Gasteiger partial charge in [0.25, 0.3) is 0 Å². The van der Waals surface area contributed by atoms with E-state index in [1.165, 1.54) is 12.8 Å². The third kappa shape index (κ3) is 1.84. The van der Waals surface area contributed by atoms with Crippen molar-refractivity contribution in [1.82, 2.24) is 20.4 Å². The summed E-state index contributed by atoms with van der Waals surface area (Å²) in [7, 11) is 0. The zero-order valence-electron chi connectivity index (χ0n) is 8.37. The van der Waals surface area contributed by atoms with E-state index >= 15 is 0 Å². The molecule has 0 saturated heterocycles. The van der Waals surface area contributed by atoms with Crippen LogP contribution in [-0.2, 0) is 0 Å². The third-order valence-corrected chi connectivity index (χ3v) is 2.82. The fourth-order valence-corrected chi connectivity index (χ4v) is 1.96. The van der Waals surface area contributed by atoms with E-state index in [9.17, 15) is 0 Å². The van der Waals surface area contributed by atoms with Gasteiger partial charge in [-0.05, 0) is 34.1 Å². The highest BCUT2D eigenvalue weighted by molar-refractivity contribution is 9.10. The molecule has 0 atom stereocenters. The lowest BCUT2D eigenvalue weighted by Crippen LogP contribution is -1.83. The van der Waals surface area contributed by atoms with E-state index in [-0.39, 0.29) is 0 Å². The van der Waals surface area contributed by atoms with E-state index in [0.717, 1.165) is 15.6 Å². The van der Waals surface area contributed by atoms with Gasteiger partial charge in [0.15, 0.2) is 0 Å². The smallest absolute Gasteiger partial charge is 0.248 e. The Balaban J connectivity index is 2.06. The van der Waals surface area contributed by atoms with Crippen LogP contribution in [0.3, 0.4) is 0 Å². The number of hydrogen-bond donors (Lipinski definition) is 0. The summed E-state index contributed by atoms with van der Waals surface area (Å²) in [5, 5.41) is 14.9. The SMILES string of the molecule is Brc1cc(-c2nnco2)ccc1-c1nnco1. The second kappa shape index (κ2) is 4.10.